The van der Waals surface area contributed by atoms with E-state index in [0.29, 0.717) is 17.8 Å². The molecule has 0 aliphatic carbocycles. The Kier molecular flexibility index (Phi) is 20.3. The number of unbranched alkanes of at least 4 members (excludes halogenated alkanes) is 15. The van der Waals surface area contributed by atoms with Crippen LogP contribution in [0.5, 0.6) is 0 Å². The van der Waals surface area contributed by atoms with Crippen LogP contribution in [0, 0.1) is 17.1 Å². The lowest BCUT2D eigenvalue weighted by molar-refractivity contribution is -0.0688. The Morgan fingerprint density at radius 1 is 0.950 bits per heavy atom. The number of ether oxygens (including phenoxy) is 3. The Morgan fingerprint density at radius 3 is 2.15 bits per heavy atom. The van der Waals surface area contributed by atoms with Crippen molar-refractivity contribution in [1.29, 1.82) is 5.26 Å². The highest BCUT2D eigenvalue weighted by Crippen LogP contribution is 2.47. The molecule has 3 heterocycles. The Morgan fingerprint density at radius 2 is 1.55 bits per heavy atom. The average Bonchev–Trinajstić information content (AvgIpc) is 3.75. The number of phosphoric acid groups is 1. The Balaban J connectivity index is 1.25. The number of hydrogen-bond donors (Lipinski definition) is 4. The zero-order chi connectivity index (χ0) is 43.6. The van der Waals surface area contributed by atoms with Gasteiger partial charge in [-0.15, -0.1) is 0 Å². The zero-order valence-corrected chi connectivity index (χ0v) is 36.7. The number of nitrogens with two attached hydrogens (primary N) is 1. The molecule has 3 aromatic rings. The molecule has 1 saturated heterocycles. The lowest BCUT2D eigenvalue weighted by Crippen LogP contribution is -2.41. The largest absolute Gasteiger partial charge is 0.472 e. The Bertz CT molecular complexity index is 1960. The molecule has 6 atom stereocenters. The van der Waals surface area contributed by atoms with Crippen molar-refractivity contribution in [2.75, 3.05) is 38.4 Å². The number of benzene rings is 1. The minimum atomic E-state index is -4.94. The first-order chi connectivity index (χ1) is 28.7. The van der Waals surface area contributed by atoms with E-state index in [1.165, 1.54) is 99.9 Å². The molecule has 4 rings (SSSR count). The van der Waals surface area contributed by atoms with E-state index < -0.39 is 60.1 Å². The number of anilines is 1. The van der Waals surface area contributed by atoms with Crippen molar-refractivity contribution in [1.82, 2.24) is 9.61 Å². The Labute approximate surface area is 353 Å². The molecule has 1 aromatic carbocycles. The Hall–Kier alpha value is -3.01. The summed E-state index contributed by atoms with van der Waals surface area (Å²) in [5.74, 6) is -0.771. The maximum Gasteiger partial charge on any atom is 0.472 e. The lowest BCUT2D eigenvalue weighted by atomic mass is 9.92. The van der Waals surface area contributed by atoms with Crippen molar-refractivity contribution in [3.63, 3.8) is 0 Å². The van der Waals surface area contributed by atoms with Crippen LogP contribution in [0.25, 0.3) is 5.52 Å². The summed E-state index contributed by atoms with van der Waals surface area (Å²) in [6.45, 7) is 1.07. The molecule has 0 radical (unpaired) electrons. The number of rotatable bonds is 30. The fraction of sp³-hybridized carbons (Fsp3) is 0.667. The van der Waals surface area contributed by atoms with Gasteiger partial charge in [0.15, 0.2) is 9.84 Å². The molecule has 2 aromatic heterocycles. The standard InChI is InChI=1S/C42H64FN4O11PS/c1-3-4-5-6-7-8-9-10-11-12-13-14-15-16-17-18-23-54-28-34(29-55-27-32-24-33(43)26-35(25-32)60(2,52)53)58-59(50,51)56-30-38-40(48)41(49)42(31-44,57-38)39-20-19-37-36(45)21-22-46-47(37)39/h19-22,24-26,34,38,40-41,48-49H,3-18,23,27-30,45H2,1-2H3,(H,50,51)/t34-,38-,40-,41-,42+/m1/s1. The van der Waals surface area contributed by atoms with Gasteiger partial charge in [0.1, 0.15) is 36.3 Å². The molecular formula is C42H64FN4O11PS. The van der Waals surface area contributed by atoms with Gasteiger partial charge in [0.05, 0.1) is 48.2 Å². The molecule has 0 bridgehead atoms. The summed E-state index contributed by atoms with van der Waals surface area (Å²) in [5, 5.41) is 36.3. The number of nitrogen functional groups attached to an aromatic ring is 1. The number of halogens is 1. The second-order valence-corrected chi connectivity index (χ2v) is 19.1. The van der Waals surface area contributed by atoms with Gasteiger partial charge in [-0.3, -0.25) is 9.05 Å². The maximum atomic E-state index is 14.2. The van der Waals surface area contributed by atoms with Crippen molar-refractivity contribution < 1.29 is 55.7 Å². The molecule has 15 nitrogen and oxygen atoms in total. The summed E-state index contributed by atoms with van der Waals surface area (Å²) in [6.07, 6.45) is 15.9. The van der Waals surface area contributed by atoms with Gasteiger partial charge in [-0.05, 0) is 48.4 Å². The van der Waals surface area contributed by atoms with Gasteiger partial charge < -0.3 is 35.1 Å². The lowest BCUT2D eigenvalue weighted by Gasteiger charge is -2.24. The summed E-state index contributed by atoms with van der Waals surface area (Å²) in [7, 11) is -8.64. The third-order valence-corrected chi connectivity index (χ3v) is 12.8. The molecule has 1 aliphatic rings. The average molecular weight is 883 g/mol. The summed E-state index contributed by atoms with van der Waals surface area (Å²) in [5.41, 5.74) is 4.95. The topological polar surface area (TPSA) is 225 Å². The van der Waals surface area contributed by atoms with Gasteiger partial charge in [-0.2, -0.15) is 10.4 Å². The molecule has 1 unspecified atom stereocenters. The predicted octanol–water partition coefficient (Wildman–Crippen LogP) is 7.30. The fourth-order valence-electron chi connectivity index (χ4n) is 7.32. The summed E-state index contributed by atoms with van der Waals surface area (Å²) < 4.78 is 80.7. The highest BCUT2D eigenvalue weighted by atomic mass is 32.2. The van der Waals surface area contributed by atoms with Crippen LogP contribution < -0.4 is 5.73 Å². The van der Waals surface area contributed by atoms with Crippen LogP contribution in [0.3, 0.4) is 0 Å². The van der Waals surface area contributed by atoms with E-state index >= 15 is 0 Å². The van der Waals surface area contributed by atoms with E-state index in [-0.39, 0.29) is 36.0 Å². The van der Waals surface area contributed by atoms with E-state index in [1.54, 1.807) is 12.1 Å². The number of nitriles is 1. The minimum Gasteiger partial charge on any atom is -0.397 e. The molecule has 0 amide bonds. The number of phosphoric ester groups is 1. The third-order valence-electron chi connectivity index (χ3n) is 10.7. The summed E-state index contributed by atoms with van der Waals surface area (Å²) >= 11 is 0. The minimum absolute atomic E-state index is 0.0745. The van der Waals surface area contributed by atoms with Crippen molar-refractivity contribution in [2.24, 2.45) is 0 Å². The van der Waals surface area contributed by atoms with Crippen LogP contribution in [0.2, 0.25) is 0 Å². The number of aromatic nitrogens is 2. The van der Waals surface area contributed by atoms with Crippen LogP contribution in [-0.2, 0) is 49.9 Å². The monoisotopic (exact) mass is 882 g/mol. The summed E-state index contributed by atoms with van der Waals surface area (Å²) in [4.78, 5) is 10.5. The number of sulfone groups is 1. The highest BCUT2D eigenvalue weighted by molar-refractivity contribution is 7.90. The molecule has 0 saturated carbocycles. The van der Waals surface area contributed by atoms with Gasteiger partial charge in [-0.1, -0.05) is 103 Å². The summed E-state index contributed by atoms with van der Waals surface area (Å²) in [6, 6.07) is 9.78. The molecule has 0 spiro atoms. The SMILES string of the molecule is CCCCCCCCCCCCCCCCCCOC[C@H](COCc1cc(F)cc(S(C)(=O)=O)c1)OP(=O)(O)OC[C@H]1O[C@@](C#N)(c2ccc3c(N)ccnn23)[C@H](O)[C@@H]1O. The van der Waals surface area contributed by atoms with E-state index in [9.17, 15) is 37.7 Å². The first-order valence-electron chi connectivity index (χ1n) is 21.2. The molecular weight excluding hydrogens is 819 g/mol. The van der Waals surface area contributed by atoms with Gasteiger partial charge in [-0.25, -0.2) is 21.9 Å². The van der Waals surface area contributed by atoms with E-state index in [1.807, 2.05) is 6.07 Å². The first-order valence-corrected chi connectivity index (χ1v) is 24.6. The van der Waals surface area contributed by atoms with Crippen LogP contribution in [0.4, 0.5) is 10.1 Å². The number of aliphatic hydroxyl groups excluding tert-OH is 2. The maximum absolute atomic E-state index is 14.2. The van der Waals surface area contributed by atoms with Crippen molar-refractivity contribution >= 4 is 28.9 Å². The van der Waals surface area contributed by atoms with Gasteiger partial charge in [0, 0.05) is 19.1 Å². The van der Waals surface area contributed by atoms with Crippen molar-refractivity contribution in [3.05, 3.63) is 59.7 Å². The molecule has 1 fully saturated rings. The predicted molar refractivity (Wildman–Crippen MR) is 224 cm³/mol. The van der Waals surface area contributed by atoms with Crippen LogP contribution in [0.1, 0.15) is 121 Å². The molecule has 336 valence electrons. The highest BCUT2D eigenvalue weighted by Gasteiger charge is 2.58. The van der Waals surface area contributed by atoms with Gasteiger partial charge in [0.2, 0.25) is 5.60 Å². The van der Waals surface area contributed by atoms with Crippen molar-refractivity contribution in [3.8, 4) is 6.07 Å². The van der Waals surface area contributed by atoms with E-state index in [4.69, 9.17) is 29.0 Å². The van der Waals surface area contributed by atoms with Crippen LogP contribution >= 0.6 is 7.82 Å². The van der Waals surface area contributed by atoms with Gasteiger partial charge in [0.25, 0.3) is 0 Å². The third kappa shape index (κ3) is 15.1. The van der Waals surface area contributed by atoms with Crippen LogP contribution in [0.15, 0.2) is 47.5 Å². The van der Waals surface area contributed by atoms with Gasteiger partial charge >= 0.3 is 7.82 Å². The molecule has 18 heteroatoms. The second-order valence-electron chi connectivity index (χ2n) is 15.7. The zero-order valence-electron chi connectivity index (χ0n) is 35.0. The second kappa shape index (κ2) is 24.6. The normalized spacial score (nSPS) is 21.0. The number of nitrogens with zero attached hydrogens (tertiary/aromatic N) is 3. The first kappa shape index (κ1) is 49.6. The smallest absolute Gasteiger partial charge is 0.397 e. The number of fused-ring (bicyclic) bond motifs is 1. The van der Waals surface area contributed by atoms with E-state index in [0.717, 1.165) is 44.1 Å². The quantitative estimate of drug-likeness (QED) is 0.0381. The number of aliphatic hydroxyl groups is 2. The molecule has 5 N–H and O–H groups in total. The van der Waals surface area contributed by atoms with Crippen molar-refractivity contribution in [2.45, 2.75) is 151 Å². The fourth-order valence-corrected chi connectivity index (χ4v) is 8.91. The number of hydrogen-bond acceptors (Lipinski definition) is 13. The molecule has 60 heavy (non-hydrogen) atoms. The molecule has 1 aliphatic heterocycles. The van der Waals surface area contributed by atoms with E-state index in [2.05, 4.69) is 12.0 Å². The van der Waals surface area contributed by atoms with Crippen LogP contribution in [-0.4, -0.2) is 90.2 Å².